The molecule has 1 atom stereocenters. The van der Waals surface area contributed by atoms with Gasteiger partial charge in [0.05, 0.1) is 27.4 Å². The fraction of sp³-hybridized carbons (Fsp3) is 0.235. The Hall–Kier alpha value is -2.87. The quantitative estimate of drug-likeness (QED) is 0.885. The van der Waals surface area contributed by atoms with Crippen LogP contribution in [0, 0.1) is 11.3 Å². The lowest BCUT2D eigenvalue weighted by molar-refractivity contribution is 0.322. The second kappa shape index (κ2) is 7.23. The molecular weight excluding hydrogens is 280 g/mol. The van der Waals surface area contributed by atoms with Gasteiger partial charge in [0.25, 0.3) is 0 Å². The summed E-state index contributed by atoms with van der Waals surface area (Å²) in [6.07, 6.45) is 0. The first-order valence-electron chi connectivity index (χ1n) is 6.75. The van der Waals surface area contributed by atoms with Crippen molar-refractivity contribution in [2.45, 2.75) is 6.04 Å². The summed E-state index contributed by atoms with van der Waals surface area (Å²) < 4.78 is 16.0. The van der Waals surface area contributed by atoms with Crippen molar-refractivity contribution in [1.29, 1.82) is 5.26 Å². The van der Waals surface area contributed by atoms with Crippen molar-refractivity contribution < 1.29 is 14.2 Å². The van der Waals surface area contributed by atoms with Gasteiger partial charge in [0.2, 0.25) is 5.75 Å². The van der Waals surface area contributed by atoms with E-state index in [1.54, 1.807) is 19.2 Å². The SMILES string of the molecule is COc1ccc(C(C#N)Nc2ccccc2)c(OC)c1OC. The highest BCUT2D eigenvalue weighted by molar-refractivity contribution is 5.59. The Morgan fingerprint density at radius 3 is 2.14 bits per heavy atom. The average molecular weight is 298 g/mol. The van der Waals surface area contributed by atoms with E-state index >= 15 is 0 Å². The minimum absolute atomic E-state index is 0.470. The zero-order valence-electron chi connectivity index (χ0n) is 12.8. The first kappa shape index (κ1) is 15.5. The molecule has 0 fully saturated rings. The van der Waals surface area contributed by atoms with Crippen molar-refractivity contribution in [3.63, 3.8) is 0 Å². The smallest absolute Gasteiger partial charge is 0.203 e. The highest BCUT2D eigenvalue weighted by Crippen LogP contribution is 2.42. The Morgan fingerprint density at radius 2 is 1.59 bits per heavy atom. The van der Waals surface area contributed by atoms with Crippen LogP contribution in [0.1, 0.15) is 11.6 Å². The summed E-state index contributed by atoms with van der Waals surface area (Å²) in [5, 5.41) is 12.7. The summed E-state index contributed by atoms with van der Waals surface area (Å²) in [6, 6.07) is 14.8. The predicted molar refractivity (Wildman–Crippen MR) is 84.5 cm³/mol. The highest BCUT2D eigenvalue weighted by Gasteiger charge is 2.22. The second-order valence-electron chi connectivity index (χ2n) is 4.50. The van der Waals surface area contributed by atoms with Crippen molar-refractivity contribution >= 4 is 5.69 Å². The van der Waals surface area contributed by atoms with Crippen LogP contribution in [0.5, 0.6) is 17.2 Å². The van der Waals surface area contributed by atoms with E-state index in [1.807, 2.05) is 30.3 Å². The largest absolute Gasteiger partial charge is 0.493 e. The fourth-order valence-corrected chi connectivity index (χ4v) is 2.23. The van der Waals surface area contributed by atoms with Crippen LogP contribution in [0.25, 0.3) is 0 Å². The van der Waals surface area contributed by atoms with Crippen molar-refractivity contribution in [3.8, 4) is 23.3 Å². The van der Waals surface area contributed by atoms with E-state index in [-0.39, 0.29) is 0 Å². The topological polar surface area (TPSA) is 63.5 Å². The molecule has 22 heavy (non-hydrogen) atoms. The molecule has 0 heterocycles. The van der Waals surface area contributed by atoms with Gasteiger partial charge < -0.3 is 19.5 Å². The van der Waals surface area contributed by atoms with Crippen molar-refractivity contribution in [3.05, 3.63) is 48.0 Å². The molecule has 0 aliphatic rings. The second-order valence-corrected chi connectivity index (χ2v) is 4.50. The number of hydrogen-bond donors (Lipinski definition) is 1. The number of hydrogen-bond acceptors (Lipinski definition) is 5. The maximum atomic E-state index is 9.51. The van der Waals surface area contributed by atoms with Crippen molar-refractivity contribution in [1.82, 2.24) is 0 Å². The van der Waals surface area contributed by atoms with Gasteiger partial charge in [-0.3, -0.25) is 0 Å². The van der Waals surface area contributed by atoms with Gasteiger partial charge in [-0.05, 0) is 24.3 Å². The molecule has 0 saturated carbocycles. The molecule has 0 saturated heterocycles. The molecule has 2 aromatic carbocycles. The number of nitriles is 1. The number of para-hydroxylation sites is 1. The first-order chi connectivity index (χ1) is 10.7. The number of anilines is 1. The number of ether oxygens (including phenoxy) is 3. The zero-order chi connectivity index (χ0) is 15.9. The fourth-order valence-electron chi connectivity index (χ4n) is 2.23. The monoisotopic (exact) mass is 298 g/mol. The molecule has 0 bridgehead atoms. The highest BCUT2D eigenvalue weighted by atomic mass is 16.5. The van der Waals surface area contributed by atoms with Gasteiger partial charge in [-0.1, -0.05) is 18.2 Å². The summed E-state index contributed by atoms with van der Waals surface area (Å²) in [6.45, 7) is 0. The van der Waals surface area contributed by atoms with Gasteiger partial charge in [-0.25, -0.2) is 0 Å². The molecule has 1 unspecified atom stereocenters. The summed E-state index contributed by atoms with van der Waals surface area (Å²) in [4.78, 5) is 0. The van der Waals surface area contributed by atoms with Crippen molar-refractivity contribution in [2.24, 2.45) is 0 Å². The van der Waals surface area contributed by atoms with E-state index < -0.39 is 6.04 Å². The maximum absolute atomic E-state index is 9.51. The van der Waals surface area contributed by atoms with Crippen LogP contribution in [0.2, 0.25) is 0 Å². The minimum Gasteiger partial charge on any atom is -0.493 e. The first-order valence-corrected chi connectivity index (χ1v) is 6.75. The van der Waals surface area contributed by atoms with E-state index in [2.05, 4.69) is 11.4 Å². The van der Waals surface area contributed by atoms with Gasteiger partial charge in [0.1, 0.15) is 6.04 Å². The molecular formula is C17H18N2O3. The van der Waals surface area contributed by atoms with Crippen LogP contribution in [0.4, 0.5) is 5.69 Å². The molecule has 0 radical (unpaired) electrons. The Kier molecular flexibility index (Phi) is 5.10. The van der Waals surface area contributed by atoms with Crippen LogP contribution in [-0.4, -0.2) is 21.3 Å². The Bertz CT molecular complexity index is 666. The minimum atomic E-state index is -0.572. The molecule has 0 amide bonds. The lowest BCUT2D eigenvalue weighted by Gasteiger charge is -2.19. The van der Waals surface area contributed by atoms with Crippen molar-refractivity contribution in [2.75, 3.05) is 26.6 Å². The third-order valence-corrected chi connectivity index (χ3v) is 3.26. The van der Waals surface area contributed by atoms with E-state index in [0.29, 0.717) is 22.8 Å². The Balaban J connectivity index is 2.43. The molecule has 0 aliphatic carbocycles. The number of benzene rings is 2. The van der Waals surface area contributed by atoms with E-state index in [4.69, 9.17) is 14.2 Å². The van der Waals surface area contributed by atoms with Gasteiger partial charge in [-0.15, -0.1) is 0 Å². The van der Waals surface area contributed by atoms with Gasteiger partial charge in [0, 0.05) is 11.3 Å². The van der Waals surface area contributed by atoms with Crippen LogP contribution in [0.3, 0.4) is 0 Å². The van der Waals surface area contributed by atoms with Gasteiger partial charge in [-0.2, -0.15) is 5.26 Å². The molecule has 0 aliphatic heterocycles. The third kappa shape index (κ3) is 3.07. The average Bonchev–Trinajstić information content (AvgIpc) is 2.59. The molecule has 2 rings (SSSR count). The zero-order valence-corrected chi connectivity index (χ0v) is 12.8. The van der Waals surface area contributed by atoms with Gasteiger partial charge >= 0.3 is 0 Å². The Morgan fingerprint density at radius 1 is 0.909 bits per heavy atom. The number of nitrogens with zero attached hydrogens (tertiary/aromatic N) is 1. The van der Waals surface area contributed by atoms with Crippen LogP contribution in [0.15, 0.2) is 42.5 Å². The molecule has 114 valence electrons. The van der Waals surface area contributed by atoms with Crippen LogP contribution < -0.4 is 19.5 Å². The van der Waals surface area contributed by atoms with E-state index in [9.17, 15) is 5.26 Å². The molecule has 5 nitrogen and oxygen atoms in total. The number of rotatable bonds is 6. The lowest BCUT2D eigenvalue weighted by Crippen LogP contribution is -2.11. The van der Waals surface area contributed by atoms with Crippen LogP contribution >= 0.6 is 0 Å². The van der Waals surface area contributed by atoms with E-state index in [1.165, 1.54) is 14.2 Å². The van der Waals surface area contributed by atoms with E-state index in [0.717, 1.165) is 5.69 Å². The third-order valence-electron chi connectivity index (χ3n) is 3.26. The molecule has 2 aromatic rings. The maximum Gasteiger partial charge on any atom is 0.203 e. The predicted octanol–water partition coefficient (Wildman–Crippen LogP) is 3.39. The standard InChI is InChI=1S/C17H18N2O3/c1-20-15-10-9-13(16(21-2)17(15)22-3)14(11-18)19-12-7-5-4-6-8-12/h4-10,14,19H,1-3H3. The lowest BCUT2D eigenvalue weighted by atomic mass is 10.0. The summed E-state index contributed by atoms with van der Waals surface area (Å²) in [5.74, 6) is 1.51. The summed E-state index contributed by atoms with van der Waals surface area (Å²) in [7, 11) is 4.63. The Labute approximate surface area is 130 Å². The number of methoxy groups -OCH3 is 3. The molecule has 1 N–H and O–H groups in total. The van der Waals surface area contributed by atoms with Gasteiger partial charge in [0.15, 0.2) is 11.5 Å². The van der Waals surface area contributed by atoms with Crippen LogP contribution in [-0.2, 0) is 0 Å². The molecule has 5 heteroatoms. The summed E-state index contributed by atoms with van der Waals surface area (Å²) >= 11 is 0. The normalized spacial score (nSPS) is 11.2. The summed E-state index contributed by atoms with van der Waals surface area (Å²) in [5.41, 5.74) is 1.54. The molecule has 0 spiro atoms. The number of nitrogens with one attached hydrogen (secondary N) is 1. The molecule has 0 aromatic heterocycles.